The summed E-state index contributed by atoms with van der Waals surface area (Å²) < 4.78 is 24.5. The molecular weight excluding hydrogens is 321 g/mol. The minimum Gasteiger partial charge on any atom is -0.308 e. The molecule has 0 aliphatic heterocycles. The molecule has 0 saturated heterocycles. The Morgan fingerprint density at radius 1 is 1.00 bits per heavy atom. The molecule has 4 nitrogen and oxygen atoms in total. The van der Waals surface area contributed by atoms with Crippen molar-refractivity contribution in [1.82, 2.24) is 5.32 Å². The number of hydrogen-bond donors (Lipinski definition) is 1. The SMILES string of the molecule is CCOP(=O)(OCC)C(NCC12CC3CC(CC(C3)C1)C2)C(C)C. The smallest absolute Gasteiger partial charge is 0.308 e. The molecule has 140 valence electrons. The fraction of sp³-hybridized carbons (Fsp3) is 1.00. The summed E-state index contributed by atoms with van der Waals surface area (Å²) in [5, 5.41) is 3.67. The van der Waals surface area contributed by atoms with Crippen LogP contribution in [0.15, 0.2) is 0 Å². The minimum atomic E-state index is -3.11. The van der Waals surface area contributed by atoms with Crippen LogP contribution in [0.5, 0.6) is 0 Å². The van der Waals surface area contributed by atoms with Gasteiger partial charge in [0, 0.05) is 6.54 Å². The summed E-state index contributed by atoms with van der Waals surface area (Å²) in [7, 11) is -3.11. The molecule has 4 saturated carbocycles. The average Bonchev–Trinajstić information content (AvgIpc) is 2.45. The van der Waals surface area contributed by atoms with Crippen LogP contribution >= 0.6 is 7.60 Å². The molecule has 0 aromatic rings. The molecule has 24 heavy (non-hydrogen) atoms. The van der Waals surface area contributed by atoms with Crippen LogP contribution in [0.1, 0.15) is 66.2 Å². The maximum absolute atomic E-state index is 13.3. The lowest BCUT2D eigenvalue weighted by atomic mass is 9.49. The molecule has 0 heterocycles. The van der Waals surface area contributed by atoms with Gasteiger partial charge in [-0.15, -0.1) is 0 Å². The topological polar surface area (TPSA) is 47.6 Å². The summed E-state index contributed by atoms with van der Waals surface area (Å²) in [5.41, 5.74) is 0.436. The van der Waals surface area contributed by atoms with Crippen molar-refractivity contribution in [2.45, 2.75) is 72.0 Å². The van der Waals surface area contributed by atoms with Crippen LogP contribution in [-0.4, -0.2) is 25.5 Å². The highest BCUT2D eigenvalue weighted by Crippen LogP contribution is 2.60. The predicted molar refractivity (Wildman–Crippen MR) is 98.1 cm³/mol. The maximum Gasteiger partial charge on any atom is 0.347 e. The first-order valence-corrected chi connectivity index (χ1v) is 11.6. The Morgan fingerprint density at radius 3 is 1.83 bits per heavy atom. The fourth-order valence-electron chi connectivity index (χ4n) is 6.10. The molecule has 1 atom stereocenters. The van der Waals surface area contributed by atoms with Crippen molar-refractivity contribution in [3.63, 3.8) is 0 Å². The van der Waals surface area contributed by atoms with Gasteiger partial charge in [-0.05, 0) is 81.5 Å². The third-order valence-electron chi connectivity index (χ3n) is 6.44. The second-order valence-electron chi connectivity index (χ2n) is 8.86. The van der Waals surface area contributed by atoms with E-state index in [2.05, 4.69) is 19.2 Å². The Bertz CT molecular complexity index is 434. The average molecular weight is 357 g/mol. The number of hydrogen-bond acceptors (Lipinski definition) is 4. The van der Waals surface area contributed by atoms with E-state index in [-0.39, 0.29) is 11.7 Å². The van der Waals surface area contributed by atoms with Crippen molar-refractivity contribution in [2.75, 3.05) is 19.8 Å². The molecule has 4 rings (SSSR count). The molecule has 5 heteroatoms. The van der Waals surface area contributed by atoms with Gasteiger partial charge >= 0.3 is 7.60 Å². The van der Waals surface area contributed by atoms with E-state index in [1.807, 2.05) is 13.8 Å². The molecule has 0 radical (unpaired) electrons. The zero-order valence-corrected chi connectivity index (χ0v) is 16.8. The van der Waals surface area contributed by atoms with Crippen molar-refractivity contribution >= 4 is 7.60 Å². The Kier molecular flexibility index (Phi) is 5.81. The van der Waals surface area contributed by atoms with Gasteiger partial charge in [0.05, 0.1) is 13.2 Å². The third kappa shape index (κ3) is 3.77. The zero-order chi connectivity index (χ0) is 17.4. The quantitative estimate of drug-likeness (QED) is 0.587. The summed E-state index contributed by atoms with van der Waals surface area (Å²) in [4.78, 5) is 0. The van der Waals surface area contributed by atoms with Crippen molar-refractivity contribution in [2.24, 2.45) is 29.1 Å². The van der Waals surface area contributed by atoms with Gasteiger partial charge in [0.15, 0.2) is 0 Å². The first-order valence-electron chi connectivity index (χ1n) is 10.0. The first-order chi connectivity index (χ1) is 11.4. The first kappa shape index (κ1) is 18.9. The Morgan fingerprint density at radius 2 is 1.46 bits per heavy atom. The van der Waals surface area contributed by atoms with E-state index in [1.54, 1.807) is 0 Å². The van der Waals surface area contributed by atoms with Gasteiger partial charge in [0.2, 0.25) is 0 Å². The summed E-state index contributed by atoms with van der Waals surface area (Å²) in [5.74, 6) is 2.86. The normalized spacial score (nSPS) is 36.5. The van der Waals surface area contributed by atoms with Crippen molar-refractivity contribution in [1.29, 1.82) is 0 Å². The van der Waals surface area contributed by atoms with E-state index in [4.69, 9.17) is 9.05 Å². The highest BCUT2D eigenvalue weighted by Gasteiger charge is 2.51. The van der Waals surface area contributed by atoms with Crippen LogP contribution in [0, 0.1) is 29.1 Å². The summed E-state index contributed by atoms with van der Waals surface area (Å²) in [6.07, 6.45) is 8.48. The predicted octanol–water partition coefficient (Wildman–Crippen LogP) is 5.04. The van der Waals surface area contributed by atoms with Crippen LogP contribution in [-0.2, 0) is 13.6 Å². The Labute approximate surface area is 148 Å². The van der Waals surface area contributed by atoms with E-state index in [1.165, 1.54) is 38.5 Å². The molecule has 0 aromatic carbocycles. The highest BCUT2D eigenvalue weighted by atomic mass is 31.2. The van der Waals surface area contributed by atoms with E-state index in [9.17, 15) is 4.57 Å². The van der Waals surface area contributed by atoms with Gasteiger partial charge in [-0.2, -0.15) is 0 Å². The molecule has 1 N–H and O–H groups in total. The van der Waals surface area contributed by atoms with Crippen molar-refractivity contribution in [3.8, 4) is 0 Å². The van der Waals surface area contributed by atoms with Crippen LogP contribution in [0.4, 0.5) is 0 Å². The van der Waals surface area contributed by atoms with Gasteiger partial charge in [-0.1, -0.05) is 13.8 Å². The molecule has 0 spiro atoms. The van der Waals surface area contributed by atoms with Crippen LogP contribution in [0.25, 0.3) is 0 Å². The lowest BCUT2D eigenvalue weighted by Crippen LogP contribution is -2.52. The summed E-state index contributed by atoms with van der Waals surface area (Å²) in [6, 6.07) is 0. The Balaban J connectivity index is 1.69. The van der Waals surface area contributed by atoms with Crippen LogP contribution in [0.3, 0.4) is 0 Å². The summed E-state index contributed by atoms with van der Waals surface area (Å²) in [6.45, 7) is 9.84. The van der Waals surface area contributed by atoms with Gasteiger partial charge < -0.3 is 14.4 Å². The lowest BCUT2D eigenvalue weighted by molar-refractivity contribution is -0.0523. The number of rotatable bonds is 9. The largest absolute Gasteiger partial charge is 0.347 e. The molecule has 4 bridgehead atoms. The maximum atomic E-state index is 13.3. The highest BCUT2D eigenvalue weighted by molar-refractivity contribution is 7.54. The standard InChI is InChI=1S/C19H36NO3P/c1-5-22-24(21,23-6-2)18(14(3)4)20-13-19-10-15-7-16(11-19)9-17(8-15)12-19/h14-18,20H,5-13H2,1-4H3. The molecule has 4 aliphatic carbocycles. The molecule has 4 aliphatic rings. The van der Waals surface area contributed by atoms with E-state index < -0.39 is 7.60 Å². The number of nitrogens with one attached hydrogen (secondary N) is 1. The van der Waals surface area contributed by atoms with E-state index in [0.29, 0.717) is 18.6 Å². The van der Waals surface area contributed by atoms with Gasteiger partial charge in [-0.3, -0.25) is 4.57 Å². The fourth-order valence-corrected chi connectivity index (χ4v) is 8.26. The summed E-state index contributed by atoms with van der Waals surface area (Å²) >= 11 is 0. The van der Waals surface area contributed by atoms with Gasteiger partial charge in [0.1, 0.15) is 5.78 Å². The molecular formula is C19H36NO3P. The van der Waals surface area contributed by atoms with Crippen LogP contribution in [0.2, 0.25) is 0 Å². The monoisotopic (exact) mass is 357 g/mol. The Hall–Kier alpha value is 0.110. The molecule has 0 aromatic heterocycles. The van der Waals surface area contributed by atoms with E-state index >= 15 is 0 Å². The van der Waals surface area contributed by atoms with Gasteiger partial charge in [0.25, 0.3) is 0 Å². The van der Waals surface area contributed by atoms with Crippen LogP contribution < -0.4 is 5.32 Å². The molecule has 1 unspecified atom stereocenters. The van der Waals surface area contributed by atoms with Crippen molar-refractivity contribution in [3.05, 3.63) is 0 Å². The second-order valence-corrected chi connectivity index (χ2v) is 11.0. The second kappa shape index (κ2) is 7.39. The molecule has 0 amide bonds. The minimum absolute atomic E-state index is 0.203. The van der Waals surface area contributed by atoms with Gasteiger partial charge in [-0.25, -0.2) is 0 Å². The zero-order valence-electron chi connectivity index (χ0n) is 15.9. The third-order valence-corrected chi connectivity index (χ3v) is 9.14. The lowest BCUT2D eigenvalue weighted by Gasteiger charge is -2.57. The van der Waals surface area contributed by atoms with Crippen molar-refractivity contribution < 1.29 is 13.6 Å². The molecule has 4 fully saturated rings. The van der Waals surface area contributed by atoms with E-state index in [0.717, 1.165) is 24.3 Å².